The van der Waals surface area contributed by atoms with E-state index in [1.165, 1.54) is 5.57 Å². The first-order valence-corrected chi connectivity index (χ1v) is 12.3. The Hall–Kier alpha value is -2.60. The molecule has 7 heteroatoms. The van der Waals surface area contributed by atoms with Gasteiger partial charge in [-0.15, -0.1) is 0 Å². The van der Waals surface area contributed by atoms with Gasteiger partial charge in [0, 0.05) is 35.1 Å². The quantitative estimate of drug-likeness (QED) is 0.189. The Kier molecular flexibility index (Phi) is 7.77. The van der Waals surface area contributed by atoms with Gasteiger partial charge in [-0.2, -0.15) is 12.6 Å². The maximum atomic E-state index is 6.45. The highest BCUT2D eigenvalue weighted by atomic mass is 35.5. The fraction of sp³-hybridized carbons (Fsp3) is 0.222. The van der Waals surface area contributed by atoms with Crippen LogP contribution in [0.1, 0.15) is 38.0 Å². The summed E-state index contributed by atoms with van der Waals surface area (Å²) in [5.41, 5.74) is 4.44. The molecule has 176 valence electrons. The van der Waals surface area contributed by atoms with Crippen molar-refractivity contribution in [2.45, 2.75) is 39.8 Å². The first kappa shape index (κ1) is 24.5. The van der Waals surface area contributed by atoms with Gasteiger partial charge in [-0.3, -0.25) is 0 Å². The number of ether oxygens (including phenoxy) is 1. The third kappa shape index (κ3) is 5.07. The predicted octanol–water partition coefficient (Wildman–Crippen LogP) is 8.70. The Morgan fingerprint density at radius 3 is 2.62 bits per heavy atom. The summed E-state index contributed by atoms with van der Waals surface area (Å²) in [5.74, 6) is 1.65. The highest BCUT2D eigenvalue weighted by molar-refractivity contribution is 7.83. The van der Waals surface area contributed by atoms with E-state index in [1.807, 2.05) is 31.2 Å². The van der Waals surface area contributed by atoms with Crippen LogP contribution in [0.3, 0.4) is 0 Å². The third-order valence-corrected chi connectivity index (χ3v) is 6.46. The minimum Gasteiger partial charge on any atom is -0.489 e. The molecule has 0 bridgehead atoms. The molecular weight excluding hydrogens is 487 g/mol. The molecule has 2 aromatic carbocycles. The van der Waals surface area contributed by atoms with Gasteiger partial charge in [0.2, 0.25) is 0 Å². The fourth-order valence-corrected chi connectivity index (χ4v) is 4.70. The van der Waals surface area contributed by atoms with E-state index in [0.29, 0.717) is 21.3 Å². The van der Waals surface area contributed by atoms with Crippen molar-refractivity contribution in [3.05, 3.63) is 93.2 Å². The lowest BCUT2D eigenvalue weighted by Gasteiger charge is -2.11. The summed E-state index contributed by atoms with van der Waals surface area (Å²) < 4.78 is 14.1. The second-order valence-electron chi connectivity index (χ2n) is 8.26. The lowest BCUT2D eigenvalue weighted by Crippen LogP contribution is -2.01. The molecule has 0 spiro atoms. The average molecular weight is 513 g/mol. The second-order valence-corrected chi connectivity index (χ2v) is 9.37. The number of hydrogen-bond donors (Lipinski definition) is 1. The van der Waals surface area contributed by atoms with E-state index in [2.05, 4.69) is 60.6 Å². The first-order valence-electron chi connectivity index (χ1n) is 11.0. The van der Waals surface area contributed by atoms with Gasteiger partial charge < -0.3 is 13.8 Å². The Balaban J connectivity index is 1.61. The molecule has 4 aromatic rings. The largest absolute Gasteiger partial charge is 0.489 e. The number of thiol groups is 1. The molecular formula is C27H26Cl2N2O2S. The highest BCUT2D eigenvalue weighted by Crippen LogP contribution is 2.39. The van der Waals surface area contributed by atoms with Crippen molar-refractivity contribution in [3.8, 4) is 17.0 Å². The molecule has 0 radical (unpaired) electrons. The van der Waals surface area contributed by atoms with Crippen molar-refractivity contribution in [2.24, 2.45) is 0 Å². The minimum atomic E-state index is 0.129. The van der Waals surface area contributed by atoms with Crippen LogP contribution < -0.4 is 4.74 Å². The van der Waals surface area contributed by atoms with Gasteiger partial charge in [0.15, 0.2) is 0 Å². The zero-order valence-electron chi connectivity index (χ0n) is 19.3. The van der Waals surface area contributed by atoms with E-state index in [0.717, 1.165) is 34.5 Å². The summed E-state index contributed by atoms with van der Waals surface area (Å²) in [4.78, 5) is 0. The summed E-state index contributed by atoms with van der Waals surface area (Å²) >= 11 is 17.1. The monoisotopic (exact) mass is 512 g/mol. The molecule has 0 unspecified atom stereocenters. The lowest BCUT2D eigenvalue weighted by atomic mass is 10.0. The molecule has 0 N–H and O–H groups in total. The number of allylic oxidation sites excluding steroid dienone is 3. The smallest absolute Gasteiger partial charge is 0.146 e. The van der Waals surface area contributed by atoms with Crippen LogP contribution in [0.2, 0.25) is 10.0 Å². The highest BCUT2D eigenvalue weighted by Gasteiger charge is 2.23. The molecule has 0 saturated carbocycles. The van der Waals surface area contributed by atoms with E-state index in [-0.39, 0.29) is 12.5 Å². The molecule has 0 saturated heterocycles. The molecule has 2 aromatic heterocycles. The normalized spacial score (nSPS) is 12.4. The van der Waals surface area contributed by atoms with Crippen molar-refractivity contribution >= 4 is 46.7 Å². The van der Waals surface area contributed by atoms with Crippen LogP contribution >= 0.6 is 35.8 Å². The Labute approximate surface area is 215 Å². The topological polar surface area (TPSA) is 40.2 Å². The van der Waals surface area contributed by atoms with E-state index in [4.69, 9.17) is 32.5 Å². The number of benzene rings is 2. The Bertz CT molecular complexity index is 1350. The minimum absolute atomic E-state index is 0.129. The molecule has 0 aliphatic carbocycles. The zero-order chi connectivity index (χ0) is 24.2. The summed E-state index contributed by atoms with van der Waals surface area (Å²) in [7, 11) is 0. The van der Waals surface area contributed by atoms with Crippen molar-refractivity contribution in [3.63, 3.8) is 0 Å². The van der Waals surface area contributed by atoms with Crippen molar-refractivity contribution in [1.82, 2.24) is 9.72 Å². The molecule has 34 heavy (non-hydrogen) atoms. The average Bonchev–Trinajstić information content (AvgIpc) is 3.41. The van der Waals surface area contributed by atoms with Crippen LogP contribution in [0.4, 0.5) is 0 Å². The summed E-state index contributed by atoms with van der Waals surface area (Å²) in [6.07, 6.45) is 6.17. The van der Waals surface area contributed by atoms with Crippen LogP contribution in [0.25, 0.3) is 22.2 Å². The van der Waals surface area contributed by atoms with Gasteiger partial charge in [0.1, 0.15) is 23.8 Å². The van der Waals surface area contributed by atoms with Crippen molar-refractivity contribution < 1.29 is 9.26 Å². The first-order chi connectivity index (χ1) is 16.4. The van der Waals surface area contributed by atoms with E-state index < -0.39 is 0 Å². The maximum Gasteiger partial charge on any atom is 0.146 e. The number of fused-ring (bicyclic) bond motifs is 1. The number of halogens is 2. The Morgan fingerprint density at radius 2 is 1.94 bits per heavy atom. The molecule has 0 atom stereocenters. The standard InChI is InChI=1S/C27H26Cl2N2O2S/c1-4-18(11-13-34)15-31-12-10-19-14-20(8-9-24(19)31)32-16-21-26(30-33-27(21)17(2)3)25-22(28)6-5-7-23(25)29/h4-14,17,34H,15-16H2,1-3H3/b13-11-,18-4+. The number of nitrogens with zero attached hydrogens (tertiary/aromatic N) is 2. The molecule has 0 amide bonds. The van der Waals surface area contributed by atoms with Crippen LogP contribution in [0.5, 0.6) is 5.75 Å². The van der Waals surface area contributed by atoms with Gasteiger partial charge in [-0.25, -0.2) is 0 Å². The molecule has 0 fully saturated rings. The van der Waals surface area contributed by atoms with Gasteiger partial charge >= 0.3 is 0 Å². The van der Waals surface area contributed by atoms with E-state index >= 15 is 0 Å². The van der Waals surface area contributed by atoms with Crippen molar-refractivity contribution in [1.29, 1.82) is 0 Å². The summed E-state index contributed by atoms with van der Waals surface area (Å²) in [5, 5.41) is 8.21. The van der Waals surface area contributed by atoms with Crippen LogP contribution in [-0.2, 0) is 13.2 Å². The predicted molar refractivity (Wildman–Crippen MR) is 144 cm³/mol. The van der Waals surface area contributed by atoms with Crippen LogP contribution in [-0.4, -0.2) is 9.72 Å². The van der Waals surface area contributed by atoms with Crippen LogP contribution in [0, 0.1) is 0 Å². The van der Waals surface area contributed by atoms with Gasteiger partial charge in [0.05, 0.1) is 15.6 Å². The summed E-state index contributed by atoms with van der Waals surface area (Å²) in [6.45, 7) is 7.20. The van der Waals surface area contributed by atoms with Gasteiger partial charge in [-0.05, 0) is 54.3 Å². The zero-order valence-corrected chi connectivity index (χ0v) is 21.7. The van der Waals surface area contributed by atoms with Gasteiger partial charge in [-0.1, -0.05) is 60.4 Å². The SMILES string of the molecule is C/C=C(\C=C/S)Cn1ccc2cc(OCc3c(-c4c(Cl)cccc4Cl)noc3C(C)C)ccc21. The third-order valence-electron chi connectivity index (χ3n) is 5.68. The van der Waals surface area contributed by atoms with Crippen molar-refractivity contribution in [2.75, 3.05) is 0 Å². The maximum absolute atomic E-state index is 6.45. The molecule has 0 aliphatic rings. The van der Waals surface area contributed by atoms with E-state index in [1.54, 1.807) is 17.5 Å². The fourth-order valence-electron chi connectivity index (χ4n) is 3.93. The second kappa shape index (κ2) is 10.8. The molecule has 0 aliphatic heterocycles. The molecule has 4 nitrogen and oxygen atoms in total. The lowest BCUT2D eigenvalue weighted by molar-refractivity contribution is 0.299. The molecule has 4 rings (SSSR count). The Morgan fingerprint density at radius 1 is 1.18 bits per heavy atom. The van der Waals surface area contributed by atoms with E-state index in [9.17, 15) is 0 Å². The number of aromatic nitrogens is 2. The van der Waals surface area contributed by atoms with Gasteiger partial charge in [0.25, 0.3) is 0 Å². The van der Waals surface area contributed by atoms with Crippen LogP contribution in [0.15, 0.2) is 76.3 Å². The number of hydrogen-bond acceptors (Lipinski definition) is 4. The number of rotatable bonds is 8. The molecule has 2 heterocycles. The summed E-state index contributed by atoms with van der Waals surface area (Å²) in [6, 6.07) is 13.6.